The summed E-state index contributed by atoms with van der Waals surface area (Å²) in [6.45, 7) is 7.29. The Labute approximate surface area is 112 Å². The lowest BCUT2D eigenvalue weighted by Crippen LogP contribution is -1.99. The highest BCUT2D eigenvalue weighted by molar-refractivity contribution is 6.16. The second-order valence-corrected chi connectivity index (χ2v) is 4.33. The average molecular weight is 265 g/mol. The Bertz CT molecular complexity index is 548. The molecule has 0 unspecified atom stereocenters. The van der Waals surface area contributed by atoms with Gasteiger partial charge in [-0.1, -0.05) is 13.0 Å². The number of aromatic nitrogens is 2. The maximum atomic E-state index is 5.91. The number of ether oxygens (including phenoxy) is 1. The molecule has 3 nitrogen and oxygen atoms in total. The van der Waals surface area contributed by atoms with Gasteiger partial charge in [-0.25, -0.2) is 4.98 Å². The van der Waals surface area contributed by atoms with E-state index in [1.54, 1.807) is 0 Å². The van der Waals surface area contributed by atoms with Crippen LogP contribution in [0.25, 0.3) is 11.0 Å². The third-order valence-electron chi connectivity index (χ3n) is 2.70. The summed E-state index contributed by atoms with van der Waals surface area (Å²) in [5.74, 6) is 2.11. The van der Waals surface area contributed by atoms with Crippen LogP contribution in [0.15, 0.2) is 30.9 Å². The molecule has 0 aliphatic rings. The first kappa shape index (κ1) is 13.0. The molecule has 0 fully saturated rings. The first-order chi connectivity index (χ1) is 8.80. The van der Waals surface area contributed by atoms with Gasteiger partial charge in [-0.3, -0.25) is 0 Å². The molecule has 18 heavy (non-hydrogen) atoms. The van der Waals surface area contributed by atoms with E-state index in [4.69, 9.17) is 16.3 Å². The van der Waals surface area contributed by atoms with E-state index >= 15 is 0 Å². The Morgan fingerprint density at radius 2 is 2.33 bits per heavy atom. The van der Waals surface area contributed by atoms with E-state index in [1.807, 2.05) is 24.3 Å². The summed E-state index contributed by atoms with van der Waals surface area (Å²) < 4.78 is 7.67. The predicted octanol–water partition coefficient (Wildman–Crippen LogP) is 3.75. The van der Waals surface area contributed by atoms with E-state index in [0.29, 0.717) is 12.4 Å². The number of nitrogens with zero attached hydrogens (tertiary/aromatic N) is 2. The van der Waals surface area contributed by atoms with Crippen molar-refractivity contribution in [2.24, 2.45) is 0 Å². The molecule has 0 aliphatic heterocycles. The fourth-order valence-corrected chi connectivity index (χ4v) is 2.11. The molecule has 2 rings (SSSR count). The van der Waals surface area contributed by atoms with Gasteiger partial charge in [0, 0.05) is 12.6 Å². The smallest absolute Gasteiger partial charge is 0.125 e. The van der Waals surface area contributed by atoms with Gasteiger partial charge in [0.15, 0.2) is 0 Å². The molecular formula is C14H17ClN2O. The van der Waals surface area contributed by atoms with Crippen LogP contribution in [0, 0.1) is 0 Å². The lowest BCUT2D eigenvalue weighted by molar-refractivity contribution is 0.318. The third-order valence-corrected chi connectivity index (χ3v) is 2.94. The number of rotatable bonds is 6. The normalized spacial score (nSPS) is 10.8. The van der Waals surface area contributed by atoms with Gasteiger partial charge in [-0.15, -0.1) is 18.2 Å². The Morgan fingerprint density at radius 3 is 3.00 bits per heavy atom. The molecular weight excluding hydrogens is 248 g/mol. The van der Waals surface area contributed by atoms with Crippen LogP contribution in [0.3, 0.4) is 0 Å². The molecule has 0 bridgehead atoms. The molecule has 1 aromatic carbocycles. The molecule has 96 valence electrons. The van der Waals surface area contributed by atoms with Gasteiger partial charge in [0.25, 0.3) is 0 Å². The minimum absolute atomic E-state index is 0.396. The molecule has 0 aliphatic carbocycles. The molecule has 4 heteroatoms. The molecule has 0 amide bonds. The maximum absolute atomic E-state index is 5.91. The monoisotopic (exact) mass is 264 g/mol. The number of fused-ring (bicyclic) bond motifs is 1. The number of halogens is 1. The summed E-state index contributed by atoms with van der Waals surface area (Å²) in [4.78, 5) is 4.52. The van der Waals surface area contributed by atoms with Crippen LogP contribution in [0.2, 0.25) is 0 Å². The molecule has 1 aromatic heterocycles. The van der Waals surface area contributed by atoms with E-state index in [9.17, 15) is 0 Å². The number of hydrogen-bond donors (Lipinski definition) is 0. The highest BCUT2D eigenvalue weighted by Gasteiger charge is 2.09. The average Bonchev–Trinajstić information content (AvgIpc) is 2.74. The Kier molecular flexibility index (Phi) is 4.26. The summed E-state index contributed by atoms with van der Waals surface area (Å²) in [6.07, 6.45) is 2.84. The maximum Gasteiger partial charge on any atom is 0.125 e. The van der Waals surface area contributed by atoms with Gasteiger partial charge < -0.3 is 9.30 Å². The van der Waals surface area contributed by atoms with Crippen LogP contribution < -0.4 is 4.74 Å². The van der Waals surface area contributed by atoms with Crippen LogP contribution in [0.1, 0.15) is 19.2 Å². The van der Waals surface area contributed by atoms with Gasteiger partial charge in [0.05, 0.1) is 23.5 Å². The standard InChI is InChI=1S/C14H17ClN2O/c1-3-7-17-13-6-5-11(18-8-4-2)9-12(13)16-14(17)10-15/h3,5-6,9H,1,4,7-8,10H2,2H3. The number of imidazole rings is 1. The minimum Gasteiger partial charge on any atom is -0.494 e. The molecule has 1 heterocycles. The van der Waals surface area contributed by atoms with Crippen molar-refractivity contribution in [3.8, 4) is 5.75 Å². The third kappa shape index (κ3) is 2.51. The Morgan fingerprint density at radius 1 is 1.50 bits per heavy atom. The summed E-state index contributed by atoms with van der Waals surface area (Å²) in [5, 5.41) is 0. The van der Waals surface area contributed by atoms with Crippen molar-refractivity contribution in [3.63, 3.8) is 0 Å². The van der Waals surface area contributed by atoms with E-state index in [2.05, 4.69) is 23.1 Å². The van der Waals surface area contributed by atoms with Crippen molar-refractivity contribution >= 4 is 22.6 Å². The first-order valence-electron chi connectivity index (χ1n) is 6.09. The van der Waals surface area contributed by atoms with Crippen molar-refractivity contribution in [2.75, 3.05) is 6.61 Å². The summed E-state index contributed by atoms with van der Waals surface area (Å²) in [7, 11) is 0. The topological polar surface area (TPSA) is 27.1 Å². The summed E-state index contributed by atoms with van der Waals surface area (Å²) in [5.41, 5.74) is 1.98. The quantitative estimate of drug-likeness (QED) is 0.587. The van der Waals surface area contributed by atoms with Gasteiger partial charge >= 0.3 is 0 Å². The van der Waals surface area contributed by atoms with E-state index in [-0.39, 0.29) is 0 Å². The highest BCUT2D eigenvalue weighted by Crippen LogP contribution is 2.23. The molecule has 0 saturated heterocycles. The Hall–Kier alpha value is -1.48. The second-order valence-electron chi connectivity index (χ2n) is 4.06. The van der Waals surface area contributed by atoms with Crippen LogP contribution in [0.4, 0.5) is 0 Å². The van der Waals surface area contributed by atoms with Crippen molar-refractivity contribution < 1.29 is 4.74 Å². The molecule has 0 atom stereocenters. The highest BCUT2D eigenvalue weighted by atomic mass is 35.5. The first-order valence-corrected chi connectivity index (χ1v) is 6.62. The molecule has 0 spiro atoms. The van der Waals surface area contributed by atoms with Gasteiger partial charge in [-0.05, 0) is 18.6 Å². The second kappa shape index (κ2) is 5.91. The summed E-state index contributed by atoms with van der Waals surface area (Å²) in [6, 6.07) is 5.95. The van der Waals surface area contributed by atoms with Crippen molar-refractivity contribution in [2.45, 2.75) is 25.8 Å². The summed E-state index contributed by atoms with van der Waals surface area (Å²) >= 11 is 5.91. The van der Waals surface area contributed by atoms with Gasteiger partial charge in [0.1, 0.15) is 11.6 Å². The van der Waals surface area contributed by atoms with Crippen LogP contribution in [0.5, 0.6) is 5.75 Å². The molecule has 0 radical (unpaired) electrons. The lowest BCUT2D eigenvalue weighted by Gasteiger charge is -2.05. The van der Waals surface area contributed by atoms with Crippen molar-refractivity contribution in [3.05, 3.63) is 36.7 Å². The molecule has 0 N–H and O–H groups in total. The van der Waals surface area contributed by atoms with Gasteiger partial charge in [0.2, 0.25) is 0 Å². The zero-order valence-electron chi connectivity index (χ0n) is 10.5. The van der Waals surface area contributed by atoms with Crippen molar-refractivity contribution in [1.29, 1.82) is 0 Å². The van der Waals surface area contributed by atoms with E-state index in [0.717, 1.165) is 35.6 Å². The molecule has 0 saturated carbocycles. The zero-order chi connectivity index (χ0) is 13.0. The fraction of sp³-hybridized carbons (Fsp3) is 0.357. The minimum atomic E-state index is 0.396. The zero-order valence-corrected chi connectivity index (χ0v) is 11.3. The lowest BCUT2D eigenvalue weighted by atomic mass is 10.3. The molecule has 2 aromatic rings. The van der Waals surface area contributed by atoms with Gasteiger partial charge in [-0.2, -0.15) is 0 Å². The van der Waals surface area contributed by atoms with E-state index < -0.39 is 0 Å². The fourth-order valence-electron chi connectivity index (χ4n) is 1.90. The predicted molar refractivity (Wildman–Crippen MR) is 75.3 cm³/mol. The van der Waals surface area contributed by atoms with Crippen molar-refractivity contribution in [1.82, 2.24) is 9.55 Å². The number of hydrogen-bond acceptors (Lipinski definition) is 2. The van der Waals surface area contributed by atoms with Crippen LogP contribution >= 0.6 is 11.6 Å². The Balaban J connectivity index is 2.41. The van der Waals surface area contributed by atoms with Crippen LogP contribution in [-0.2, 0) is 12.4 Å². The number of benzene rings is 1. The SMILES string of the molecule is C=CCn1c(CCl)nc2cc(OCCC)ccc21. The van der Waals surface area contributed by atoms with Crippen LogP contribution in [-0.4, -0.2) is 16.2 Å². The number of allylic oxidation sites excluding steroid dienone is 1. The van der Waals surface area contributed by atoms with E-state index in [1.165, 1.54) is 0 Å². The number of alkyl halides is 1. The largest absolute Gasteiger partial charge is 0.494 e.